The predicted molar refractivity (Wildman–Crippen MR) is 80.7 cm³/mol. The number of hydrogen-bond acceptors (Lipinski definition) is 8. The van der Waals surface area contributed by atoms with Gasteiger partial charge in [-0.3, -0.25) is 18.1 Å². The molecule has 10 heteroatoms. The van der Waals surface area contributed by atoms with Crippen molar-refractivity contribution in [2.75, 3.05) is 18.9 Å². The topological polar surface area (TPSA) is 115 Å². The highest BCUT2D eigenvalue weighted by atomic mass is 31.2. The summed E-state index contributed by atoms with van der Waals surface area (Å²) in [6, 6.07) is 1.52. The summed E-state index contributed by atoms with van der Waals surface area (Å²) in [5.41, 5.74) is 4.99. The van der Waals surface area contributed by atoms with Gasteiger partial charge in [-0.2, -0.15) is 4.98 Å². The number of phosphoric acid groups is 1. The molecule has 3 heterocycles. The van der Waals surface area contributed by atoms with Crippen molar-refractivity contribution in [2.24, 2.45) is 5.92 Å². The van der Waals surface area contributed by atoms with E-state index in [1.807, 2.05) is 13.8 Å². The fourth-order valence-electron chi connectivity index (χ4n) is 2.73. The van der Waals surface area contributed by atoms with Gasteiger partial charge in [0.15, 0.2) is 0 Å². The van der Waals surface area contributed by atoms with E-state index in [1.165, 1.54) is 16.8 Å². The summed E-state index contributed by atoms with van der Waals surface area (Å²) in [5.74, 6) is -0.0862. The Bertz CT molecular complexity index is 680. The molecule has 2 N–H and O–H groups in total. The van der Waals surface area contributed by atoms with Crippen molar-refractivity contribution in [1.29, 1.82) is 0 Å². The molecule has 0 amide bonds. The predicted octanol–water partition coefficient (Wildman–Crippen LogP) is 1.31. The summed E-state index contributed by atoms with van der Waals surface area (Å²) in [7, 11) is -3.58. The van der Waals surface area contributed by atoms with Gasteiger partial charge in [0.05, 0.1) is 13.2 Å². The summed E-state index contributed by atoms with van der Waals surface area (Å²) >= 11 is 0. The van der Waals surface area contributed by atoms with Crippen LogP contribution >= 0.6 is 7.82 Å². The Hall–Kier alpha value is -1.25. The molecule has 0 bridgehead atoms. The first-order chi connectivity index (χ1) is 10.9. The Morgan fingerprint density at radius 3 is 3.04 bits per heavy atom. The molecule has 2 aliphatic heterocycles. The normalized spacial score (nSPS) is 36.8. The van der Waals surface area contributed by atoms with Crippen LogP contribution in [0.3, 0.4) is 0 Å². The third-order valence-corrected chi connectivity index (χ3v) is 5.34. The van der Waals surface area contributed by atoms with Gasteiger partial charge < -0.3 is 10.5 Å². The highest BCUT2D eigenvalue weighted by molar-refractivity contribution is 7.48. The molecular weight excluding hydrogens is 325 g/mol. The zero-order valence-corrected chi connectivity index (χ0v) is 13.8. The lowest BCUT2D eigenvalue weighted by atomic mass is 10.0. The molecule has 0 aliphatic carbocycles. The molecular formula is C13H20N3O6P. The number of nitrogens with two attached hydrogens (primary N) is 1. The number of nitrogens with zero attached hydrogens (tertiary/aromatic N) is 2. The number of phosphoric ester groups is 1. The number of rotatable bonds is 4. The third-order valence-electron chi connectivity index (χ3n) is 3.88. The number of hydrogen-bond donors (Lipinski definition) is 1. The quantitative estimate of drug-likeness (QED) is 0.812. The van der Waals surface area contributed by atoms with Crippen LogP contribution in [-0.4, -0.2) is 35.0 Å². The van der Waals surface area contributed by atoms with Crippen LogP contribution in [-0.2, 0) is 22.9 Å². The number of nitrogen functional groups attached to an aromatic ring is 1. The van der Waals surface area contributed by atoms with Crippen LogP contribution in [0.25, 0.3) is 0 Å². The maximum atomic E-state index is 12.4. The average molecular weight is 345 g/mol. The van der Waals surface area contributed by atoms with Crippen molar-refractivity contribution in [3.05, 3.63) is 22.7 Å². The van der Waals surface area contributed by atoms with Crippen LogP contribution in [0, 0.1) is 5.92 Å². The molecule has 9 nitrogen and oxygen atoms in total. The summed E-state index contributed by atoms with van der Waals surface area (Å²) < 4.78 is 35.6. The van der Waals surface area contributed by atoms with Crippen molar-refractivity contribution in [3.8, 4) is 0 Å². The van der Waals surface area contributed by atoms with E-state index >= 15 is 0 Å². The molecule has 128 valence electrons. The lowest BCUT2D eigenvalue weighted by Crippen LogP contribution is -2.36. The van der Waals surface area contributed by atoms with Gasteiger partial charge in [0.1, 0.15) is 24.3 Å². The van der Waals surface area contributed by atoms with Crippen LogP contribution in [0.2, 0.25) is 0 Å². The summed E-state index contributed by atoms with van der Waals surface area (Å²) in [6.45, 7) is 4.13. The first kappa shape index (κ1) is 16.6. The second kappa shape index (κ2) is 6.33. The van der Waals surface area contributed by atoms with Crippen LogP contribution in [0.15, 0.2) is 17.1 Å². The molecule has 0 aromatic carbocycles. The van der Waals surface area contributed by atoms with Crippen molar-refractivity contribution >= 4 is 13.6 Å². The number of anilines is 1. The van der Waals surface area contributed by atoms with Crippen molar-refractivity contribution < 1.29 is 22.9 Å². The molecule has 1 unspecified atom stereocenters. The van der Waals surface area contributed by atoms with Gasteiger partial charge in [-0.25, -0.2) is 9.36 Å². The van der Waals surface area contributed by atoms with Gasteiger partial charge in [0.25, 0.3) is 0 Å². The Labute approximate surface area is 133 Å². The van der Waals surface area contributed by atoms with Gasteiger partial charge in [0.2, 0.25) is 0 Å². The molecule has 2 fully saturated rings. The van der Waals surface area contributed by atoms with E-state index < -0.39 is 31.9 Å². The van der Waals surface area contributed by atoms with E-state index in [0.717, 1.165) is 0 Å². The van der Waals surface area contributed by atoms with Gasteiger partial charge in [0, 0.05) is 12.1 Å². The fraction of sp³-hybridized carbons (Fsp3) is 0.692. The van der Waals surface area contributed by atoms with Gasteiger partial charge >= 0.3 is 13.5 Å². The first-order valence-corrected chi connectivity index (χ1v) is 8.97. The molecule has 0 saturated carbocycles. The summed E-state index contributed by atoms with van der Waals surface area (Å²) in [5, 5.41) is 0. The minimum atomic E-state index is -3.58. The van der Waals surface area contributed by atoms with Crippen LogP contribution in [0.5, 0.6) is 0 Å². The monoisotopic (exact) mass is 345 g/mol. The molecule has 1 aromatic heterocycles. The molecule has 1 aromatic rings. The molecule has 5 atom stereocenters. The second-order valence-electron chi connectivity index (χ2n) is 5.61. The van der Waals surface area contributed by atoms with Crippen LogP contribution in [0.1, 0.15) is 26.5 Å². The molecule has 0 spiro atoms. The Kier molecular flexibility index (Phi) is 4.57. The van der Waals surface area contributed by atoms with E-state index in [0.29, 0.717) is 6.42 Å². The first-order valence-electron chi connectivity index (χ1n) is 7.51. The standard InChI is InChI=1S/C13H20N3O6P/c1-3-6-19-23(18)20-7-9-11(22-23)8(2)12(21-9)16-5-4-10(14)15-13(16)17/h4-5,8-9,11-12H,3,6-7H2,1-2H3,(H2,14,15,17)/t8-,9+,11-,12+,23?/m0/s1. The molecule has 2 aliphatic rings. The van der Waals surface area contributed by atoms with Gasteiger partial charge in [-0.15, -0.1) is 0 Å². The Morgan fingerprint density at radius 1 is 1.57 bits per heavy atom. The molecule has 23 heavy (non-hydrogen) atoms. The highest BCUT2D eigenvalue weighted by Crippen LogP contribution is 2.57. The van der Waals surface area contributed by atoms with Crippen LogP contribution < -0.4 is 11.4 Å². The Balaban J connectivity index is 1.79. The zero-order valence-electron chi connectivity index (χ0n) is 13.0. The van der Waals surface area contributed by atoms with Crippen molar-refractivity contribution in [2.45, 2.75) is 38.7 Å². The average Bonchev–Trinajstić information content (AvgIpc) is 2.82. The molecule has 3 rings (SSSR count). The van der Waals surface area contributed by atoms with E-state index in [1.54, 1.807) is 0 Å². The fourth-order valence-corrected chi connectivity index (χ4v) is 4.29. The zero-order chi connectivity index (χ0) is 16.6. The lowest BCUT2D eigenvalue weighted by molar-refractivity contribution is -0.0721. The van der Waals surface area contributed by atoms with Gasteiger partial charge in [-0.05, 0) is 12.5 Å². The van der Waals surface area contributed by atoms with Gasteiger partial charge in [-0.1, -0.05) is 13.8 Å². The summed E-state index contributed by atoms with van der Waals surface area (Å²) in [4.78, 5) is 15.7. The number of ether oxygens (including phenoxy) is 1. The minimum Gasteiger partial charge on any atom is -0.383 e. The second-order valence-corrected chi connectivity index (χ2v) is 7.23. The molecule has 0 radical (unpaired) electrons. The smallest absolute Gasteiger partial charge is 0.383 e. The minimum absolute atomic E-state index is 0.0870. The molecule has 2 saturated heterocycles. The van der Waals surface area contributed by atoms with E-state index in [4.69, 9.17) is 24.0 Å². The number of fused-ring (bicyclic) bond motifs is 1. The maximum Gasteiger partial charge on any atom is 0.475 e. The Morgan fingerprint density at radius 2 is 2.35 bits per heavy atom. The van der Waals surface area contributed by atoms with Crippen molar-refractivity contribution in [3.63, 3.8) is 0 Å². The summed E-state index contributed by atoms with van der Waals surface area (Å²) in [6.07, 6.45) is 0.725. The SMILES string of the molecule is CCCOP1(=O)OC[C@H]2O[C@@H](n3ccc(N)nc3=O)[C@@H](C)[C@@H]2O1. The number of aromatic nitrogens is 2. The third kappa shape index (κ3) is 3.20. The van der Waals surface area contributed by atoms with E-state index in [-0.39, 0.29) is 24.9 Å². The highest BCUT2D eigenvalue weighted by Gasteiger charge is 2.52. The lowest BCUT2D eigenvalue weighted by Gasteiger charge is -2.31. The largest absolute Gasteiger partial charge is 0.475 e. The maximum absolute atomic E-state index is 12.4. The van der Waals surface area contributed by atoms with Crippen molar-refractivity contribution in [1.82, 2.24) is 9.55 Å². The van der Waals surface area contributed by atoms with E-state index in [9.17, 15) is 9.36 Å². The van der Waals surface area contributed by atoms with E-state index in [2.05, 4.69) is 4.98 Å². The van der Waals surface area contributed by atoms with Crippen LogP contribution in [0.4, 0.5) is 5.82 Å².